The summed E-state index contributed by atoms with van der Waals surface area (Å²) in [6.07, 6.45) is 7.89. The minimum absolute atomic E-state index is 0.00286. The highest BCUT2D eigenvalue weighted by Gasteiger charge is 2.37. The molecule has 2 rings (SSSR count). The van der Waals surface area contributed by atoms with E-state index < -0.39 is 34.6 Å². The predicted octanol–water partition coefficient (Wildman–Crippen LogP) is 5.20. The van der Waals surface area contributed by atoms with Gasteiger partial charge in [-0.1, -0.05) is 59.4 Å². The molecule has 42 heavy (non-hydrogen) atoms. The third kappa shape index (κ3) is 18.6. The fourth-order valence-corrected chi connectivity index (χ4v) is 4.65. The lowest BCUT2D eigenvalue weighted by Gasteiger charge is -2.34. The number of alkyl halides is 2. The van der Waals surface area contributed by atoms with Crippen molar-refractivity contribution in [2.24, 2.45) is 11.8 Å². The number of likely N-dealkylation sites (tertiary alicyclic amines) is 1. The molecule has 12 heteroatoms. The number of nitrogens with zero attached hydrogens (tertiary/aromatic N) is 2. The lowest BCUT2D eigenvalue weighted by atomic mass is 9.91. The van der Waals surface area contributed by atoms with Crippen molar-refractivity contribution in [2.45, 2.75) is 97.2 Å². The Hall–Kier alpha value is -2.76. The summed E-state index contributed by atoms with van der Waals surface area (Å²) >= 11 is 0. The van der Waals surface area contributed by atoms with E-state index in [4.69, 9.17) is 0 Å². The first-order valence-corrected chi connectivity index (χ1v) is 15.9. The molecule has 242 valence electrons. The maximum atomic E-state index is 13.5. The molecule has 2 aliphatic rings. The summed E-state index contributed by atoms with van der Waals surface area (Å²) in [5, 5.41) is 12.6. The third-order valence-corrected chi connectivity index (χ3v) is 7.61. The SMILES string of the molecule is C=CC=C.CC(C)C.CCCCN(/C=C(\O)NCC(=O)NS(=O)C1CC1)C(=O)CCC(=O)N1CCC(C(C)(F)F)CC1. The maximum Gasteiger partial charge on any atom is 0.251 e. The van der Waals surface area contributed by atoms with Gasteiger partial charge in [-0.05, 0) is 44.9 Å². The van der Waals surface area contributed by atoms with Gasteiger partial charge in [0.2, 0.25) is 23.6 Å². The molecule has 3 N–H and O–H groups in total. The van der Waals surface area contributed by atoms with Crippen molar-refractivity contribution in [1.82, 2.24) is 19.8 Å². The molecular weight excluding hydrogens is 566 g/mol. The Morgan fingerprint density at radius 1 is 1.10 bits per heavy atom. The smallest absolute Gasteiger partial charge is 0.251 e. The predicted molar refractivity (Wildman–Crippen MR) is 165 cm³/mol. The van der Waals surface area contributed by atoms with Crippen LogP contribution in [-0.2, 0) is 25.4 Å². The molecule has 1 saturated carbocycles. The quantitative estimate of drug-likeness (QED) is 0.182. The Labute approximate surface area is 253 Å². The summed E-state index contributed by atoms with van der Waals surface area (Å²) in [5.41, 5.74) is 0. The normalized spacial score (nSPS) is 16.2. The van der Waals surface area contributed by atoms with Crippen LogP contribution in [0.5, 0.6) is 0 Å². The molecule has 0 aromatic carbocycles. The van der Waals surface area contributed by atoms with E-state index in [0.717, 1.165) is 32.1 Å². The van der Waals surface area contributed by atoms with Gasteiger partial charge in [0, 0.05) is 38.4 Å². The molecular formula is C30H52F2N4O5S. The highest BCUT2D eigenvalue weighted by atomic mass is 32.2. The van der Waals surface area contributed by atoms with E-state index >= 15 is 0 Å². The summed E-state index contributed by atoms with van der Waals surface area (Å²) < 4.78 is 41.0. The Bertz CT molecular complexity index is 903. The van der Waals surface area contributed by atoms with Gasteiger partial charge in [0.25, 0.3) is 5.91 Å². The molecule has 1 atom stereocenters. The molecule has 1 aliphatic carbocycles. The van der Waals surface area contributed by atoms with Crippen LogP contribution in [0, 0.1) is 11.8 Å². The zero-order valence-corrected chi connectivity index (χ0v) is 26.8. The fraction of sp³-hybridized carbons (Fsp3) is 0.700. The number of amides is 3. The minimum atomic E-state index is -2.76. The summed E-state index contributed by atoms with van der Waals surface area (Å²) in [6.45, 7) is 16.6. The van der Waals surface area contributed by atoms with Gasteiger partial charge in [0.15, 0.2) is 0 Å². The van der Waals surface area contributed by atoms with Crippen LogP contribution in [0.25, 0.3) is 0 Å². The highest BCUT2D eigenvalue weighted by Crippen LogP contribution is 2.32. The van der Waals surface area contributed by atoms with Crippen molar-refractivity contribution >= 4 is 28.7 Å². The molecule has 0 bridgehead atoms. The van der Waals surface area contributed by atoms with Gasteiger partial charge >= 0.3 is 0 Å². The molecule has 1 unspecified atom stereocenters. The van der Waals surface area contributed by atoms with Gasteiger partial charge in [-0.15, -0.1) is 0 Å². The largest absolute Gasteiger partial charge is 0.494 e. The molecule has 0 radical (unpaired) electrons. The molecule has 1 aliphatic heterocycles. The van der Waals surface area contributed by atoms with Crippen LogP contribution >= 0.6 is 0 Å². The first-order valence-electron chi connectivity index (χ1n) is 14.7. The lowest BCUT2D eigenvalue weighted by Crippen LogP contribution is -2.42. The number of nitrogens with one attached hydrogen (secondary N) is 2. The van der Waals surface area contributed by atoms with E-state index in [0.29, 0.717) is 13.0 Å². The number of piperidine rings is 1. The summed E-state index contributed by atoms with van der Waals surface area (Å²) in [7, 11) is -1.42. The second-order valence-corrected chi connectivity index (χ2v) is 12.6. The molecule has 0 aromatic rings. The highest BCUT2D eigenvalue weighted by molar-refractivity contribution is 7.84. The zero-order valence-electron chi connectivity index (χ0n) is 26.0. The Balaban J connectivity index is 0.00000186. The van der Waals surface area contributed by atoms with Gasteiger partial charge in [-0.3, -0.25) is 19.1 Å². The zero-order chi connectivity index (χ0) is 32.3. The number of carbonyl (C=O) groups is 3. The van der Waals surface area contributed by atoms with Crippen LogP contribution in [0.15, 0.2) is 37.4 Å². The average molecular weight is 619 g/mol. The molecule has 2 fully saturated rings. The average Bonchev–Trinajstić information content (AvgIpc) is 3.78. The number of rotatable bonds is 14. The van der Waals surface area contributed by atoms with Crippen LogP contribution in [0.2, 0.25) is 0 Å². The van der Waals surface area contributed by atoms with Crippen molar-refractivity contribution in [2.75, 3.05) is 26.2 Å². The van der Waals surface area contributed by atoms with E-state index in [9.17, 15) is 32.5 Å². The number of hydrogen-bond donors (Lipinski definition) is 3. The van der Waals surface area contributed by atoms with E-state index in [-0.39, 0.29) is 62.4 Å². The first-order chi connectivity index (χ1) is 19.7. The monoisotopic (exact) mass is 618 g/mol. The molecule has 1 heterocycles. The van der Waals surface area contributed by atoms with Gasteiger partial charge in [-0.25, -0.2) is 13.0 Å². The van der Waals surface area contributed by atoms with E-state index in [1.165, 1.54) is 16.0 Å². The number of aliphatic hydroxyl groups excluding tert-OH is 1. The van der Waals surface area contributed by atoms with Crippen molar-refractivity contribution in [3.05, 3.63) is 37.4 Å². The maximum absolute atomic E-state index is 13.5. The van der Waals surface area contributed by atoms with Crippen molar-refractivity contribution in [3.8, 4) is 0 Å². The lowest BCUT2D eigenvalue weighted by molar-refractivity contribution is -0.138. The number of unbranched alkanes of at least 4 members (excludes halogenated alkanes) is 1. The number of allylic oxidation sites excluding steroid dienone is 2. The van der Waals surface area contributed by atoms with E-state index in [1.807, 2.05) is 6.92 Å². The van der Waals surface area contributed by atoms with Crippen LogP contribution in [0.3, 0.4) is 0 Å². The second-order valence-electron chi connectivity index (χ2n) is 11.1. The summed E-state index contributed by atoms with van der Waals surface area (Å²) in [5.74, 6) is -4.23. The molecule has 0 spiro atoms. The van der Waals surface area contributed by atoms with Crippen LogP contribution in [-0.4, -0.2) is 74.2 Å². The molecule has 0 aromatic heterocycles. The minimum Gasteiger partial charge on any atom is -0.494 e. The van der Waals surface area contributed by atoms with Gasteiger partial charge in [0.1, 0.15) is 11.0 Å². The number of aliphatic hydroxyl groups is 1. The van der Waals surface area contributed by atoms with Crippen LogP contribution in [0.1, 0.15) is 86.0 Å². The number of carbonyl (C=O) groups excluding carboxylic acids is 3. The first kappa shape index (κ1) is 39.2. The summed E-state index contributed by atoms with van der Waals surface area (Å²) in [6, 6.07) is 0. The molecule has 3 amide bonds. The molecule has 9 nitrogen and oxygen atoms in total. The standard InChI is InChI=1S/C22H36F2N4O5S.C4H10.C4H6/c1-3-4-11-28(15-19(30)25-14-18(29)26-34(33)17-5-6-17)21(32)8-7-20(31)27-12-9-16(10-13-27)22(2,23)24;1-4(2)3;1-3-4-2/h15-17,25,30H,3-14H2,1-2H3,(H,26,29);4H,1-3H3;3-4H,1-2H2/b19-15-;;. The van der Waals surface area contributed by atoms with Gasteiger partial charge < -0.3 is 20.2 Å². The Morgan fingerprint density at radius 2 is 1.64 bits per heavy atom. The number of hydrogen-bond acceptors (Lipinski definition) is 6. The Kier molecular flexibility index (Phi) is 19.6. The van der Waals surface area contributed by atoms with Gasteiger partial charge in [0.05, 0.1) is 18.0 Å². The van der Waals surface area contributed by atoms with Crippen molar-refractivity contribution in [3.63, 3.8) is 0 Å². The van der Waals surface area contributed by atoms with Gasteiger partial charge in [-0.2, -0.15) is 0 Å². The topological polar surface area (TPSA) is 119 Å². The number of halogens is 2. The summed E-state index contributed by atoms with van der Waals surface area (Å²) in [4.78, 5) is 39.8. The third-order valence-electron chi connectivity index (χ3n) is 6.11. The Morgan fingerprint density at radius 3 is 2.10 bits per heavy atom. The van der Waals surface area contributed by atoms with E-state index in [1.54, 1.807) is 12.2 Å². The fourth-order valence-electron chi connectivity index (χ4n) is 3.62. The van der Waals surface area contributed by atoms with Crippen molar-refractivity contribution in [1.29, 1.82) is 0 Å². The second kappa shape index (κ2) is 21.0. The van der Waals surface area contributed by atoms with Crippen LogP contribution in [0.4, 0.5) is 8.78 Å². The van der Waals surface area contributed by atoms with Crippen LogP contribution < -0.4 is 10.0 Å². The molecule has 1 saturated heterocycles. The van der Waals surface area contributed by atoms with Crippen molar-refractivity contribution < 1.29 is 32.5 Å². The van der Waals surface area contributed by atoms with E-state index in [2.05, 4.69) is 44.0 Å².